The quantitative estimate of drug-likeness (QED) is 0.930. The highest BCUT2D eigenvalue weighted by atomic mass is 32.1. The summed E-state index contributed by atoms with van der Waals surface area (Å²) in [5, 5.41) is 13.7. The third-order valence-electron chi connectivity index (χ3n) is 3.44. The lowest BCUT2D eigenvalue weighted by molar-refractivity contribution is 0.578. The van der Waals surface area contributed by atoms with Crippen LogP contribution in [-0.4, -0.2) is 16.2 Å². The molecule has 106 valence electrons. The van der Waals surface area contributed by atoms with Gasteiger partial charge in [-0.05, 0) is 24.1 Å². The van der Waals surface area contributed by atoms with Gasteiger partial charge in [-0.1, -0.05) is 44.2 Å². The van der Waals surface area contributed by atoms with Crippen LogP contribution in [0.5, 0.6) is 0 Å². The van der Waals surface area contributed by atoms with Gasteiger partial charge in [0.25, 0.3) is 0 Å². The molecule has 1 N–H and O–H groups in total. The summed E-state index contributed by atoms with van der Waals surface area (Å²) in [6, 6.07) is 7.19. The fourth-order valence-electron chi connectivity index (χ4n) is 2.20. The van der Waals surface area contributed by atoms with Crippen molar-refractivity contribution in [1.82, 2.24) is 10.2 Å². The first kappa shape index (κ1) is 13.5. The van der Waals surface area contributed by atoms with Gasteiger partial charge in [-0.2, -0.15) is 0 Å². The Labute approximate surface area is 122 Å². The minimum atomic E-state index is -0.168. The van der Waals surface area contributed by atoms with Gasteiger partial charge in [-0.25, -0.2) is 4.39 Å². The zero-order valence-corrected chi connectivity index (χ0v) is 12.7. The third kappa shape index (κ3) is 2.82. The Balaban J connectivity index is 1.65. The van der Waals surface area contributed by atoms with E-state index in [-0.39, 0.29) is 11.2 Å². The molecule has 3 rings (SSSR count). The lowest BCUT2D eigenvalue weighted by Gasteiger charge is -2.12. The summed E-state index contributed by atoms with van der Waals surface area (Å²) in [6.45, 7) is 6.39. The maximum atomic E-state index is 13.2. The topological polar surface area (TPSA) is 37.8 Å². The average molecular weight is 291 g/mol. The maximum absolute atomic E-state index is 13.2. The molecule has 1 fully saturated rings. The van der Waals surface area contributed by atoms with E-state index in [1.54, 1.807) is 23.5 Å². The molecule has 1 saturated carbocycles. The molecule has 0 unspecified atom stereocenters. The van der Waals surface area contributed by atoms with Crippen LogP contribution in [0.4, 0.5) is 9.52 Å². The van der Waals surface area contributed by atoms with Gasteiger partial charge in [0.2, 0.25) is 5.13 Å². The molecule has 0 bridgehead atoms. The fraction of sp³-hybridized carbons (Fsp3) is 0.467. The SMILES string of the molecule is CC(C)(C)c1nnc(N[C@@H]2C[C@H]2c2cccc(F)c2)s1. The van der Waals surface area contributed by atoms with Gasteiger partial charge < -0.3 is 5.32 Å². The monoisotopic (exact) mass is 291 g/mol. The van der Waals surface area contributed by atoms with Gasteiger partial charge in [0.05, 0.1) is 0 Å². The van der Waals surface area contributed by atoms with E-state index in [1.807, 2.05) is 6.07 Å². The van der Waals surface area contributed by atoms with Crippen LogP contribution in [0.1, 0.15) is 43.7 Å². The van der Waals surface area contributed by atoms with E-state index in [1.165, 1.54) is 6.07 Å². The second-order valence-electron chi connectivity index (χ2n) is 6.31. The minimum absolute atomic E-state index is 0.0309. The van der Waals surface area contributed by atoms with Crippen LogP contribution in [0.25, 0.3) is 0 Å². The van der Waals surface area contributed by atoms with E-state index < -0.39 is 0 Å². The van der Waals surface area contributed by atoms with Gasteiger partial charge in [-0.15, -0.1) is 10.2 Å². The zero-order chi connectivity index (χ0) is 14.3. The lowest BCUT2D eigenvalue weighted by atomic mass is 9.98. The summed E-state index contributed by atoms with van der Waals surface area (Å²) in [5.74, 6) is 0.215. The number of nitrogens with one attached hydrogen (secondary N) is 1. The van der Waals surface area contributed by atoms with Crippen molar-refractivity contribution in [2.45, 2.75) is 44.6 Å². The number of hydrogen-bond acceptors (Lipinski definition) is 4. The maximum Gasteiger partial charge on any atom is 0.205 e. The highest BCUT2D eigenvalue weighted by Gasteiger charge is 2.39. The summed E-state index contributed by atoms with van der Waals surface area (Å²) >= 11 is 1.60. The first-order valence-electron chi connectivity index (χ1n) is 6.79. The summed E-state index contributed by atoms with van der Waals surface area (Å²) in [6.07, 6.45) is 1.02. The number of aromatic nitrogens is 2. The molecular weight excluding hydrogens is 273 g/mol. The second kappa shape index (κ2) is 4.81. The van der Waals surface area contributed by atoms with Crippen LogP contribution in [0.3, 0.4) is 0 Å². The Morgan fingerprint density at radius 1 is 1.30 bits per heavy atom. The summed E-state index contributed by atoms with van der Waals surface area (Å²) in [7, 11) is 0. The molecule has 1 aromatic carbocycles. The molecule has 0 saturated heterocycles. The van der Waals surface area contributed by atoms with Crippen LogP contribution in [0, 0.1) is 5.82 Å². The average Bonchev–Trinajstić information content (AvgIpc) is 2.94. The molecule has 5 heteroatoms. The van der Waals surface area contributed by atoms with Crippen molar-refractivity contribution >= 4 is 16.5 Å². The molecule has 0 spiro atoms. The lowest BCUT2D eigenvalue weighted by Crippen LogP contribution is -2.10. The molecule has 1 aliphatic rings. The van der Waals surface area contributed by atoms with Crippen molar-refractivity contribution in [3.63, 3.8) is 0 Å². The Morgan fingerprint density at radius 2 is 2.10 bits per heavy atom. The molecule has 0 amide bonds. The molecule has 0 radical (unpaired) electrons. The normalized spacial score (nSPS) is 21.8. The standard InChI is InChI=1S/C15H18FN3S/c1-15(2,3)13-18-19-14(20-13)17-12-8-11(12)9-5-4-6-10(16)7-9/h4-7,11-12H,8H2,1-3H3,(H,17,19)/t11-,12+/m0/s1. The zero-order valence-electron chi connectivity index (χ0n) is 11.9. The smallest absolute Gasteiger partial charge is 0.205 e. The van der Waals surface area contributed by atoms with Crippen molar-refractivity contribution in [2.24, 2.45) is 0 Å². The Hall–Kier alpha value is -1.49. The van der Waals surface area contributed by atoms with Crippen LogP contribution >= 0.6 is 11.3 Å². The summed E-state index contributed by atoms with van der Waals surface area (Å²) in [4.78, 5) is 0. The number of halogens is 1. The third-order valence-corrected chi connectivity index (χ3v) is 4.72. The number of anilines is 1. The molecule has 20 heavy (non-hydrogen) atoms. The first-order chi connectivity index (χ1) is 9.43. The van der Waals surface area contributed by atoms with E-state index in [0.29, 0.717) is 12.0 Å². The van der Waals surface area contributed by atoms with Crippen LogP contribution < -0.4 is 5.32 Å². The second-order valence-corrected chi connectivity index (χ2v) is 7.29. The van der Waals surface area contributed by atoms with E-state index in [4.69, 9.17) is 0 Å². The van der Waals surface area contributed by atoms with Crippen molar-refractivity contribution in [3.05, 3.63) is 40.7 Å². The Morgan fingerprint density at radius 3 is 2.75 bits per heavy atom. The van der Waals surface area contributed by atoms with Gasteiger partial charge in [0.15, 0.2) is 0 Å². The molecule has 2 aromatic rings. The van der Waals surface area contributed by atoms with Gasteiger partial charge in [0.1, 0.15) is 10.8 Å². The number of rotatable bonds is 3. The molecule has 3 nitrogen and oxygen atoms in total. The van der Waals surface area contributed by atoms with Crippen molar-refractivity contribution < 1.29 is 4.39 Å². The highest BCUT2D eigenvalue weighted by molar-refractivity contribution is 7.15. The molecule has 2 atom stereocenters. The number of nitrogens with zero attached hydrogens (tertiary/aromatic N) is 2. The van der Waals surface area contributed by atoms with E-state index in [2.05, 4.69) is 36.3 Å². The summed E-state index contributed by atoms with van der Waals surface area (Å²) in [5.41, 5.74) is 1.09. The van der Waals surface area contributed by atoms with Crippen LogP contribution in [0.2, 0.25) is 0 Å². The predicted octanol–water partition coefficient (Wildman–Crippen LogP) is 3.94. The molecule has 1 aliphatic carbocycles. The van der Waals surface area contributed by atoms with Crippen LogP contribution in [-0.2, 0) is 5.41 Å². The van der Waals surface area contributed by atoms with Gasteiger partial charge >= 0.3 is 0 Å². The number of benzene rings is 1. The summed E-state index contributed by atoms with van der Waals surface area (Å²) < 4.78 is 13.2. The van der Waals surface area contributed by atoms with E-state index >= 15 is 0 Å². The molecule has 1 heterocycles. The minimum Gasteiger partial charge on any atom is -0.357 e. The molecule has 0 aliphatic heterocycles. The van der Waals surface area contributed by atoms with E-state index in [0.717, 1.165) is 22.1 Å². The van der Waals surface area contributed by atoms with Gasteiger partial charge in [0, 0.05) is 17.4 Å². The Kier molecular flexibility index (Phi) is 3.24. The highest BCUT2D eigenvalue weighted by Crippen LogP contribution is 2.43. The molecule has 1 aromatic heterocycles. The first-order valence-corrected chi connectivity index (χ1v) is 7.61. The largest absolute Gasteiger partial charge is 0.357 e. The van der Waals surface area contributed by atoms with E-state index in [9.17, 15) is 4.39 Å². The van der Waals surface area contributed by atoms with Crippen molar-refractivity contribution in [2.75, 3.05) is 5.32 Å². The van der Waals surface area contributed by atoms with Crippen molar-refractivity contribution in [1.29, 1.82) is 0 Å². The van der Waals surface area contributed by atoms with Crippen LogP contribution in [0.15, 0.2) is 24.3 Å². The van der Waals surface area contributed by atoms with Crippen molar-refractivity contribution in [3.8, 4) is 0 Å². The number of hydrogen-bond donors (Lipinski definition) is 1. The van der Waals surface area contributed by atoms with Gasteiger partial charge in [-0.3, -0.25) is 0 Å². The fourth-order valence-corrected chi connectivity index (χ4v) is 3.07. The predicted molar refractivity (Wildman–Crippen MR) is 79.8 cm³/mol. The Bertz CT molecular complexity index is 618. The molecular formula is C15H18FN3S.